The van der Waals surface area contributed by atoms with E-state index in [4.69, 9.17) is 14.3 Å². The maximum Gasteiger partial charge on any atom is 0.338 e. The number of carbonyl (C=O) groups is 5. The van der Waals surface area contributed by atoms with Crippen LogP contribution in [0.4, 0.5) is 11.4 Å². The number of carbonyl (C=O) groups excluding carboxylic acids is 3. The van der Waals surface area contributed by atoms with Crippen molar-refractivity contribution in [2.24, 2.45) is 0 Å². The molecule has 0 saturated heterocycles. The zero-order valence-corrected chi connectivity index (χ0v) is 31.7. The molecule has 4 N–H and O–H groups in total. The van der Waals surface area contributed by atoms with Crippen molar-refractivity contribution in [1.82, 2.24) is 0 Å². The molecule has 0 aliphatic heterocycles. The maximum absolute atomic E-state index is 13.4. The van der Waals surface area contributed by atoms with Crippen molar-refractivity contribution >= 4 is 51.0 Å². The lowest BCUT2D eigenvalue weighted by molar-refractivity contribution is 0.0463. The maximum atomic E-state index is 13.4. The fourth-order valence-corrected chi connectivity index (χ4v) is 6.92. The number of aromatic carboxylic acids is 2. The Balaban J connectivity index is 1.06. The average Bonchev–Trinajstić information content (AvgIpc) is 3.25. The van der Waals surface area contributed by atoms with Crippen molar-refractivity contribution in [3.05, 3.63) is 190 Å². The predicted octanol–water partition coefficient (Wildman–Crippen LogP) is 7.43. The van der Waals surface area contributed by atoms with Crippen LogP contribution in [0.25, 0.3) is 0 Å². The quantitative estimate of drug-likeness (QED) is 0.0554. The number of hydrogen-bond donors (Lipinski definition) is 4. The summed E-state index contributed by atoms with van der Waals surface area (Å²) < 4.78 is 37.5. The predicted molar refractivity (Wildman–Crippen MR) is 213 cm³/mol. The lowest BCUT2D eigenvalue weighted by atomic mass is 10.0. The molecule has 0 heterocycles. The van der Waals surface area contributed by atoms with Gasteiger partial charge < -0.3 is 25.0 Å². The Hall–Kier alpha value is -7.62. The van der Waals surface area contributed by atoms with Gasteiger partial charge >= 0.3 is 23.9 Å². The smallest absolute Gasteiger partial charge is 0.338 e. The Kier molecular flexibility index (Phi) is 12.9. The van der Waals surface area contributed by atoms with Crippen LogP contribution in [0.1, 0.15) is 68.5 Å². The van der Waals surface area contributed by atoms with E-state index in [1.165, 1.54) is 72.8 Å². The number of nitrogens with one attached hydrogen (secondary N) is 2. The van der Waals surface area contributed by atoms with E-state index in [2.05, 4.69) is 10.8 Å². The normalized spacial score (nSPS) is 10.9. The van der Waals surface area contributed by atoms with E-state index in [1.807, 2.05) is 24.3 Å². The fraction of sp³-hybridized carbons (Fsp3) is 0.0682. The molecule has 0 aliphatic carbocycles. The lowest BCUT2D eigenvalue weighted by Gasteiger charge is -2.12. The molecule has 59 heavy (non-hydrogen) atoms. The van der Waals surface area contributed by atoms with Crippen molar-refractivity contribution < 1.29 is 56.9 Å². The molecule has 0 bridgehead atoms. The van der Waals surface area contributed by atoms with Crippen LogP contribution in [-0.4, -0.2) is 48.4 Å². The van der Waals surface area contributed by atoms with Gasteiger partial charge in [-0.15, -0.1) is 0 Å². The van der Waals surface area contributed by atoms with Crippen molar-refractivity contribution in [3.63, 3.8) is 0 Å². The van der Waals surface area contributed by atoms with Crippen LogP contribution in [0, 0.1) is 0 Å². The number of benzene rings is 6. The molecule has 0 saturated carbocycles. The van der Waals surface area contributed by atoms with Crippen LogP contribution in [0.2, 0.25) is 0 Å². The van der Waals surface area contributed by atoms with E-state index in [0.29, 0.717) is 5.69 Å². The highest BCUT2D eigenvalue weighted by Gasteiger charge is 2.22. The first-order chi connectivity index (χ1) is 28.4. The van der Waals surface area contributed by atoms with Gasteiger partial charge in [-0.3, -0.25) is 15.1 Å². The molecule has 1 amide bonds. The van der Waals surface area contributed by atoms with Crippen LogP contribution < -0.4 is 10.8 Å². The Morgan fingerprint density at radius 2 is 0.983 bits per heavy atom. The van der Waals surface area contributed by atoms with Crippen LogP contribution in [-0.2, 0) is 44.0 Å². The zero-order valence-electron chi connectivity index (χ0n) is 30.9. The number of hydrogen-bond acceptors (Lipinski definition) is 11. The molecule has 0 aromatic heterocycles. The summed E-state index contributed by atoms with van der Waals surface area (Å²) in [6.45, 7) is -0.264. The third kappa shape index (κ3) is 10.4. The molecule has 0 unspecified atom stereocenters. The van der Waals surface area contributed by atoms with E-state index in [9.17, 15) is 42.6 Å². The Morgan fingerprint density at radius 1 is 0.508 bits per heavy atom. The summed E-state index contributed by atoms with van der Waals surface area (Å²) >= 11 is 0. The molecule has 0 radical (unpaired) electrons. The van der Waals surface area contributed by atoms with Gasteiger partial charge in [-0.2, -0.15) is 0 Å². The largest absolute Gasteiger partial charge is 0.478 e. The lowest BCUT2D eigenvalue weighted by Crippen LogP contribution is -2.18. The summed E-state index contributed by atoms with van der Waals surface area (Å²) in [5.41, 5.74) is 4.17. The SMILES string of the molecule is O=C(OCc1ccccc1)c1ccc(C(=O)O)c(CONc2ccc(S(=O)(=O)c3ccc(NC(=O)c4cc(C(=O)OCc5ccccc5)ccc4C(=O)O)cc3)cc2)c1. The van der Waals surface area contributed by atoms with Crippen molar-refractivity contribution in [3.8, 4) is 0 Å². The molecular formula is C44H34N2O12S. The average molecular weight is 815 g/mol. The van der Waals surface area contributed by atoms with Gasteiger partial charge in [0.05, 0.1) is 43.3 Å². The minimum absolute atomic E-state index is 0.0306. The van der Waals surface area contributed by atoms with Crippen LogP contribution in [0.3, 0.4) is 0 Å². The fourth-order valence-electron chi connectivity index (χ4n) is 5.66. The molecule has 15 heteroatoms. The molecule has 0 atom stereocenters. The Bertz CT molecular complexity index is 2620. The monoisotopic (exact) mass is 814 g/mol. The molecule has 6 rings (SSSR count). The van der Waals surface area contributed by atoms with Gasteiger partial charge in [0.2, 0.25) is 9.84 Å². The highest BCUT2D eigenvalue weighted by Crippen LogP contribution is 2.25. The van der Waals surface area contributed by atoms with Crippen molar-refractivity contribution in [1.29, 1.82) is 0 Å². The Morgan fingerprint density at radius 3 is 1.49 bits per heavy atom. The number of rotatable bonds is 16. The molecule has 6 aromatic rings. The van der Waals surface area contributed by atoms with E-state index in [1.54, 1.807) is 36.4 Å². The van der Waals surface area contributed by atoms with Crippen LogP contribution in [0.15, 0.2) is 155 Å². The molecule has 298 valence electrons. The van der Waals surface area contributed by atoms with Gasteiger partial charge in [0, 0.05) is 5.69 Å². The summed E-state index contributed by atoms with van der Waals surface area (Å²) in [5, 5.41) is 21.9. The minimum Gasteiger partial charge on any atom is -0.478 e. The van der Waals surface area contributed by atoms with E-state index < -0.39 is 39.6 Å². The highest BCUT2D eigenvalue weighted by molar-refractivity contribution is 7.91. The zero-order chi connectivity index (χ0) is 41.9. The van der Waals surface area contributed by atoms with E-state index in [0.717, 1.165) is 23.3 Å². The molecule has 14 nitrogen and oxygen atoms in total. The number of carboxylic acid groups (broad SMARTS) is 2. The number of anilines is 2. The second kappa shape index (κ2) is 18.5. The summed E-state index contributed by atoms with van der Waals surface area (Å²) in [7, 11) is -4.05. The third-order valence-electron chi connectivity index (χ3n) is 8.73. The van der Waals surface area contributed by atoms with Crippen LogP contribution in [0.5, 0.6) is 0 Å². The number of amides is 1. The molecule has 6 aromatic carbocycles. The standard InChI is InChI=1S/C44H34N2O12S/c47-40(39-24-31(12-22-38(39)42(50)51)44(53)57-26-29-9-5-2-6-10-29)45-33-13-17-35(18-14-33)59(54,55)36-19-15-34(16-20-36)46-58-27-32-23-30(11-21-37(32)41(48)49)43(52)56-25-28-7-3-1-4-8-28/h1-24,46H,25-27H2,(H,45,47)(H,48,49)(H,50,51). The topological polar surface area (TPSA) is 212 Å². The number of ether oxygens (including phenoxy) is 2. The first kappa shape index (κ1) is 41.0. The van der Waals surface area contributed by atoms with Gasteiger partial charge in [-0.05, 0) is 102 Å². The second-order valence-corrected chi connectivity index (χ2v) is 14.7. The van der Waals surface area contributed by atoms with Crippen LogP contribution >= 0.6 is 0 Å². The second-order valence-electron chi connectivity index (χ2n) is 12.8. The number of sulfone groups is 1. The summed E-state index contributed by atoms with van der Waals surface area (Å²) in [6.07, 6.45) is 0. The summed E-state index contributed by atoms with van der Waals surface area (Å²) in [4.78, 5) is 67.7. The molecular weight excluding hydrogens is 781 g/mol. The van der Waals surface area contributed by atoms with Gasteiger partial charge in [0.1, 0.15) is 19.8 Å². The first-order valence-corrected chi connectivity index (χ1v) is 19.2. The van der Waals surface area contributed by atoms with Gasteiger partial charge in [-0.1, -0.05) is 60.7 Å². The van der Waals surface area contributed by atoms with E-state index in [-0.39, 0.29) is 68.7 Å². The third-order valence-corrected chi connectivity index (χ3v) is 10.5. The first-order valence-electron chi connectivity index (χ1n) is 17.7. The molecule has 0 spiro atoms. The van der Waals surface area contributed by atoms with Gasteiger partial charge in [0.25, 0.3) is 5.91 Å². The number of carboxylic acids is 2. The van der Waals surface area contributed by atoms with Crippen molar-refractivity contribution in [2.45, 2.75) is 29.6 Å². The van der Waals surface area contributed by atoms with E-state index >= 15 is 0 Å². The molecule has 0 aliphatic rings. The number of esters is 2. The highest BCUT2D eigenvalue weighted by atomic mass is 32.2. The summed E-state index contributed by atoms with van der Waals surface area (Å²) in [6, 6.07) is 36.2. The Labute approximate surface area is 337 Å². The molecule has 0 fully saturated rings. The van der Waals surface area contributed by atoms with Crippen molar-refractivity contribution in [2.75, 3.05) is 10.8 Å². The van der Waals surface area contributed by atoms with Gasteiger partial charge in [-0.25, -0.2) is 27.6 Å². The summed E-state index contributed by atoms with van der Waals surface area (Å²) in [5.74, 6) is -4.89. The minimum atomic E-state index is -4.05. The van der Waals surface area contributed by atoms with Gasteiger partial charge in [0.15, 0.2) is 0 Å².